The molecule has 0 aliphatic heterocycles. The molecule has 0 saturated heterocycles. The Kier molecular flexibility index (Phi) is 5.12. The Morgan fingerprint density at radius 2 is 1.58 bits per heavy atom. The third-order valence-electron chi connectivity index (χ3n) is 2.39. The second-order valence-electron chi connectivity index (χ2n) is 3.76. The summed E-state index contributed by atoms with van der Waals surface area (Å²) in [6.07, 6.45) is 0.721. The molecule has 74 valence electrons. The van der Waals surface area contributed by atoms with E-state index >= 15 is 0 Å². The highest BCUT2D eigenvalue weighted by Gasteiger charge is 2.29. The molecule has 0 unspecified atom stereocenters. The summed E-state index contributed by atoms with van der Waals surface area (Å²) in [6, 6.07) is 0. The Balaban J connectivity index is 4.31. The highest BCUT2D eigenvalue weighted by Crippen LogP contribution is 2.54. The van der Waals surface area contributed by atoms with Crippen LogP contribution in [0.2, 0.25) is 0 Å². The van der Waals surface area contributed by atoms with Crippen molar-refractivity contribution >= 4 is 7.14 Å². The van der Waals surface area contributed by atoms with E-state index in [1.165, 1.54) is 0 Å². The topological polar surface area (TPSA) is 26.3 Å². The van der Waals surface area contributed by atoms with E-state index in [9.17, 15) is 4.57 Å². The van der Waals surface area contributed by atoms with Gasteiger partial charge in [-0.3, -0.25) is 0 Å². The van der Waals surface area contributed by atoms with Crippen LogP contribution in [0.3, 0.4) is 0 Å². The molecule has 0 bridgehead atoms. The summed E-state index contributed by atoms with van der Waals surface area (Å²) in [5, 5.41) is 0. The second kappa shape index (κ2) is 5.04. The first kappa shape index (κ1) is 12.2. The van der Waals surface area contributed by atoms with Crippen LogP contribution in [0.1, 0.15) is 27.7 Å². The van der Waals surface area contributed by atoms with Crippen molar-refractivity contribution in [2.24, 2.45) is 0 Å². The Morgan fingerprint density at radius 3 is 1.83 bits per heavy atom. The largest absolute Gasteiger partial charge is 0.384 e. The Morgan fingerprint density at radius 1 is 1.17 bits per heavy atom. The van der Waals surface area contributed by atoms with E-state index in [1.807, 2.05) is 27.7 Å². The van der Waals surface area contributed by atoms with Crippen LogP contribution in [0.5, 0.6) is 0 Å². The molecule has 0 saturated carbocycles. The molecule has 0 radical (unpaired) electrons. The summed E-state index contributed by atoms with van der Waals surface area (Å²) in [4.78, 5) is 0. The fraction of sp³-hybridized carbons (Fsp3) is 1.00. The zero-order valence-corrected chi connectivity index (χ0v) is 9.73. The molecule has 0 N–H and O–H groups in total. The maximum Gasteiger partial charge on any atom is 0.0947 e. The molecule has 0 amide bonds. The van der Waals surface area contributed by atoms with E-state index < -0.39 is 7.14 Å². The SMILES string of the molecule is COCCP(=O)(C(C)C)C(C)C. The summed E-state index contributed by atoms with van der Waals surface area (Å²) in [5.41, 5.74) is 0.570. The van der Waals surface area contributed by atoms with Crippen molar-refractivity contribution in [3.63, 3.8) is 0 Å². The highest BCUT2D eigenvalue weighted by atomic mass is 31.2. The van der Waals surface area contributed by atoms with Gasteiger partial charge in [0.1, 0.15) is 0 Å². The predicted octanol–water partition coefficient (Wildman–Crippen LogP) is 2.81. The van der Waals surface area contributed by atoms with Crippen molar-refractivity contribution in [3.8, 4) is 0 Å². The van der Waals surface area contributed by atoms with E-state index in [0.29, 0.717) is 6.61 Å². The molecule has 2 nitrogen and oxygen atoms in total. The molecule has 0 fully saturated rings. The Labute approximate surface area is 76.1 Å². The average molecular weight is 192 g/mol. The lowest BCUT2D eigenvalue weighted by molar-refractivity contribution is 0.216. The van der Waals surface area contributed by atoms with Gasteiger partial charge in [0.25, 0.3) is 0 Å². The van der Waals surface area contributed by atoms with Gasteiger partial charge in [0.2, 0.25) is 0 Å². The minimum absolute atomic E-state index is 0.285. The maximum atomic E-state index is 12.3. The van der Waals surface area contributed by atoms with Crippen LogP contribution in [0.15, 0.2) is 0 Å². The number of rotatable bonds is 5. The summed E-state index contributed by atoms with van der Waals surface area (Å²) in [7, 11) is -0.347. The van der Waals surface area contributed by atoms with E-state index in [2.05, 4.69) is 0 Å². The van der Waals surface area contributed by atoms with Gasteiger partial charge in [0.15, 0.2) is 0 Å². The van der Waals surface area contributed by atoms with Crippen molar-refractivity contribution in [2.75, 3.05) is 19.9 Å². The molecule has 0 aromatic heterocycles. The molecule has 0 aromatic rings. The quantitative estimate of drug-likeness (QED) is 0.626. The van der Waals surface area contributed by atoms with Gasteiger partial charge in [-0.2, -0.15) is 0 Å². The fourth-order valence-corrected chi connectivity index (χ4v) is 4.04. The second-order valence-corrected chi connectivity index (χ2v) is 7.98. The molecule has 12 heavy (non-hydrogen) atoms. The van der Waals surface area contributed by atoms with Crippen LogP contribution in [0.4, 0.5) is 0 Å². The van der Waals surface area contributed by atoms with Crippen LogP contribution in [-0.4, -0.2) is 31.2 Å². The molecule has 0 spiro atoms. The standard InChI is InChI=1S/C9H21O2P/c1-8(2)12(10,9(3)4)7-6-11-5/h8-9H,6-7H2,1-5H3. The van der Waals surface area contributed by atoms with E-state index in [0.717, 1.165) is 6.16 Å². The lowest BCUT2D eigenvalue weighted by Gasteiger charge is -2.25. The molecule has 0 aromatic carbocycles. The van der Waals surface area contributed by atoms with Crippen LogP contribution in [0, 0.1) is 0 Å². The van der Waals surface area contributed by atoms with Gasteiger partial charge in [-0.05, 0) is 0 Å². The fourth-order valence-electron chi connectivity index (χ4n) is 1.35. The van der Waals surface area contributed by atoms with Gasteiger partial charge in [0, 0.05) is 24.6 Å². The van der Waals surface area contributed by atoms with Gasteiger partial charge in [0.05, 0.1) is 13.7 Å². The molecule has 0 heterocycles. The van der Waals surface area contributed by atoms with Gasteiger partial charge >= 0.3 is 0 Å². The van der Waals surface area contributed by atoms with Crippen LogP contribution in [0.25, 0.3) is 0 Å². The first-order chi connectivity index (χ1) is 5.45. The molecule has 3 heteroatoms. The summed E-state index contributed by atoms with van der Waals surface area (Å²) in [6.45, 7) is 8.77. The smallest absolute Gasteiger partial charge is 0.0947 e. The van der Waals surface area contributed by atoms with Crippen LogP contribution < -0.4 is 0 Å². The van der Waals surface area contributed by atoms with Gasteiger partial charge < -0.3 is 9.30 Å². The minimum Gasteiger partial charge on any atom is -0.384 e. The first-order valence-corrected chi connectivity index (χ1v) is 6.55. The number of hydrogen-bond acceptors (Lipinski definition) is 2. The molecular weight excluding hydrogens is 171 g/mol. The lowest BCUT2D eigenvalue weighted by Crippen LogP contribution is -2.14. The Bertz CT molecular complexity index is 152. The number of ether oxygens (including phenoxy) is 1. The molecule has 0 aliphatic carbocycles. The van der Waals surface area contributed by atoms with Crippen molar-refractivity contribution in [3.05, 3.63) is 0 Å². The molecule has 0 aliphatic rings. The normalized spacial score (nSPS) is 12.9. The zero-order valence-electron chi connectivity index (χ0n) is 8.83. The number of hydrogen-bond donors (Lipinski definition) is 0. The minimum atomic E-state index is -2.00. The Hall–Kier alpha value is 0.190. The van der Waals surface area contributed by atoms with Gasteiger partial charge in [-0.25, -0.2) is 0 Å². The van der Waals surface area contributed by atoms with Gasteiger partial charge in [-0.15, -0.1) is 0 Å². The van der Waals surface area contributed by atoms with E-state index in [4.69, 9.17) is 4.74 Å². The average Bonchev–Trinajstić information content (AvgIpc) is 1.99. The third-order valence-corrected chi connectivity index (χ3v) is 6.77. The number of methoxy groups -OCH3 is 1. The molecule has 0 atom stereocenters. The summed E-state index contributed by atoms with van der Waals surface area (Å²) < 4.78 is 17.3. The van der Waals surface area contributed by atoms with Crippen LogP contribution in [-0.2, 0) is 9.30 Å². The molecular formula is C9H21O2P. The predicted molar refractivity (Wildman–Crippen MR) is 54.6 cm³/mol. The monoisotopic (exact) mass is 192 g/mol. The highest BCUT2D eigenvalue weighted by molar-refractivity contribution is 7.65. The van der Waals surface area contributed by atoms with Gasteiger partial charge in [-0.1, -0.05) is 27.7 Å². The lowest BCUT2D eigenvalue weighted by atomic mass is 10.5. The van der Waals surface area contributed by atoms with Crippen molar-refractivity contribution < 1.29 is 9.30 Å². The van der Waals surface area contributed by atoms with Crippen molar-refractivity contribution in [1.29, 1.82) is 0 Å². The van der Waals surface area contributed by atoms with Crippen molar-refractivity contribution in [2.45, 2.75) is 39.0 Å². The zero-order chi connectivity index (χ0) is 9.78. The molecule has 0 rings (SSSR count). The van der Waals surface area contributed by atoms with E-state index in [1.54, 1.807) is 7.11 Å². The van der Waals surface area contributed by atoms with E-state index in [-0.39, 0.29) is 11.3 Å². The maximum absolute atomic E-state index is 12.3. The van der Waals surface area contributed by atoms with Crippen LogP contribution >= 0.6 is 7.14 Å². The first-order valence-electron chi connectivity index (χ1n) is 4.52. The van der Waals surface area contributed by atoms with Crippen molar-refractivity contribution in [1.82, 2.24) is 0 Å². The summed E-state index contributed by atoms with van der Waals surface area (Å²) >= 11 is 0. The third kappa shape index (κ3) is 2.91. The summed E-state index contributed by atoms with van der Waals surface area (Å²) in [5.74, 6) is 0.